The van der Waals surface area contributed by atoms with Crippen LogP contribution in [0.15, 0.2) is 12.2 Å². The molecule has 0 amide bonds. The highest BCUT2D eigenvalue weighted by atomic mass is 14.2. The Balaban J connectivity index is 1.98. The summed E-state index contributed by atoms with van der Waals surface area (Å²) in [6, 6.07) is 0. The van der Waals surface area contributed by atoms with E-state index in [-0.39, 0.29) is 0 Å². The van der Waals surface area contributed by atoms with E-state index in [1.54, 1.807) is 0 Å². The van der Waals surface area contributed by atoms with Crippen molar-refractivity contribution in [2.75, 3.05) is 0 Å². The second kappa shape index (κ2) is 6.79. The molecule has 2 aliphatic rings. The van der Waals surface area contributed by atoms with Crippen molar-refractivity contribution in [3.8, 4) is 11.8 Å². The van der Waals surface area contributed by atoms with Gasteiger partial charge in [0.25, 0.3) is 0 Å². The maximum Gasteiger partial charge on any atom is 0.0265 e. The van der Waals surface area contributed by atoms with Gasteiger partial charge in [-0.15, -0.1) is 5.92 Å². The number of hydrogen-bond donors (Lipinski definition) is 0. The van der Waals surface area contributed by atoms with Crippen molar-refractivity contribution in [1.29, 1.82) is 0 Å². The Kier molecular flexibility index (Phi) is 5.00. The Morgan fingerprint density at radius 2 is 1.75 bits per heavy atom. The molecule has 0 saturated heterocycles. The fraction of sp³-hybridized carbons (Fsp3) is 0.750. The van der Waals surface area contributed by atoms with Gasteiger partial charge in [0.05, 0.1) is 0 Å². The van der Waals surface area contributed by atoms with Crippen LogP contribution < -0.4 is 0 Å². The van der Waals surface area contributed by atoms with Crippen LogP contribution in [-0.4, -0.2) is 0 Å². The molecule has 0 saturated carbocycles. The van der Waals surface area contributed by atoms with E-state index in [1.807, 2.05) is 0 Å². The van der Waals surface area contributed by atoms with Crippen LogP contribution in [0.4, 0.5) is 0 Å². The minimum Gasteiger partial charge on any atom is -0.103 e. The maximum absolute atomic E-state index is 3.54. The monoisotopic (exact) mass is 216 g/mol. The molecule has 2 rings (SSSR count). The molecule has 0 fully saturated rings. The summed E-state index contributed by atoms with van der Waals surface area (Å²) in [6.07, 6.45) is 18.3. The summed E-state index contributed by atoms with van der Waals surface area (Å²) >= 11 is 0. The highest BCUT2D eigenvalue weighted by Gasteiger charge is 2.17. The summed E-state index contributed by atoms with van der Waals surface area (Å²) < 4.78 is 0. The van der Waals surface area contributed by atoms with Gasteiger partial charge >= 0.3 is 0 Å². The molecule has 88 valence electrons. The normalized spacial score (nSPS) is 31.5. The van der Waals surface area contributed by atoms with Crippen LogP contribution in [0, 0.1) is 23.7 Å². The van der Waals surface area contributed by atoms with Crippen molar-refractivity contribution in [3.05, 3.63) is 12.2 Å². The number of hydrogen-bond acceptors (Lipinski definition) is 0. The SMILES string of the molecule is C1#CC(C2C=CCCCCC2)CCCCC1. The van der Waals surface area contributed by atoms with E-state index < -0.39 is 0 Å². The lowest BCUT2D eigenvalue weighted by atomic mass is 9.82. The van der Waals surface area contributed by atoms with Crippen molar-refractivity contribution < 1.29 is 0 Å². The zero-order valence-corrected chi connectivity index (χ0v) is 10.4. The summed E-state index contributed by atoms with van der Waals surface area (Å²) in [4.78, 5) is 0. The molecule has 2 unspecified atom stereocenters. The summed E-state index contributed by atoms with van der Waals surface area (Å²) in [5.41, 5.74) is 0. The third-order valence-corrected chi connectivity index (χ3v) is 3.91. The minimum absolute atomic E-state index is 0.662. The molecule has 0 radical (unpaired) electrons. The molecule has 0 aliphatic heterocycles. The van der Waals surface area contributed by atoms with E-state index in [0.717, 1.165) is 12.3 Å². The van der Waals surface area contributed by atoms with E-state index in [0.29, 0.717) is 5.92 Å². The van der Waals surface area contributed by atoms with Gasteiger partial charge in [-0.25, -0.2) is 0 Å². The molecule has 0 nitrogen and oxygen atoms in total. The van der Waals surface area contributed by atoms with Crippen molar-refractivity contribution in [3.63, 3.8) is 0 Å². The molecule has 0 aromatic carbocycles. The molecule has 0 aromatic heterocycles. The predicted octanol–water partition coefficient (Wildman–Crippen LogP) is 4.71. The average molecular weight is 216 g/mol. The van der Waals surface area contributed by atoms with E-state index in [2.05, 4.69) is 24.0 Å². The van der Waals surface area contributed by atoms with Crippen LogP contribution in [0.1, 0.15) is 64.2 Å². The van der Waals surface area contributed by atoms with Crippen LogP contribution in [0.25, 0.3) is 0 Å². The zero-order valence-electron chi connectivity index (χ0n) is 10.4. The Hall–Kier alpha value is -0.700. The molecule has 2 atom stereocenters. The quantitative estimate of drug-likeness (QED) is 0.440. The molecule has 0 heterocycles. The standard InChI is InChI=1S/C16H24/c1-3-7-11-15(12-8-4-1)16-13-9-5-2-6-10-14-16/h7,11,15-16H,1-6,8-9,12-13H2. The largest absolute Gasteiger partial charge is 0.103 e. The molecule has 2 aliphatic carbocycles. The van der Waals surface area contributed by atoms with Gasteiger partial charge in [0.2, 0.25) is 0 Å². The molecule has 0 aromatic rings. The number of allylic oxidation sites excluding steroid dienone is 2. The molecular weight excluding hydrogens is 192 g/mol. The Bertz CT molecular complexity index is 276. The van der Waals surface area contributed by atoms with Gasteiger partial charge in [0, 0.05) is 12.3 Å². The Labute approximate surface area is 101 Å². The zero-order chi connectivity index (χ0) is 11.1. The first-order valence-electron chi connectivity index (χ1n) is 7.12. The van der Waals surface area contributed by atoms with Gasteiger partial charge in [0.1, 0.15) is 0 Å². The molecule has 16 heavy (non-hydrogen) atoms. The summed E-state index contributed by atoms with van der Waals surface area (Å²) in [5, 5.41) is 0. The topological polar surface area (TPSA) is 0 Å². The second-order valence-electron chi connectivity index (χ2n) is 5.26. The van der Waals surface area contributed by atoms with Crippen molar-refractivity contribution in [1.82, 2.24) is 0 Å². The van der Waals surface area contributed by atoms with Crippen LogP contribution in [0.3, 0.4) is 0 Å². The highest BCUT2D eigenvalue weighted by Crippen LogP contribution is 2.28. The van der Waals surface area contributed by atoms with Crippen LogP contribution in [-0.2, 0) is 0 Å². The molecule has 0 heteroatoms. The van der Waals surface area contributed by atoms with Crippen molar-refractivity contribution >= 4 is 0 Å². The third-order valence-electron chi connectivity index (χ3n) is 3.91. The maximum atomic E-state index is 3.54. The van der Waals surface area contributed by atoms with Gasteiger partial charge in [-0.1, -0.05) is 43.8 Å². The molecular formula is C16H24. The van der Waals surface area contributed by atoms with Gasteiger partial charge < -0.3 is 0 Å². The first-order valence-corrected chi connectivity index (χ1v) is 7.12. The van der Waals surface area contributed by atoms with Crippen LogP contribution in [0.5, 0.6) is 0 Å². The predicted molar refractivity (Wildman–Crippen MR) is 70.1 cm³/mol. The fourth-order valence-electron chi connectivity index (χ4n) is 2.87. The molecule has 0 spiro atoms. The minimum atomic E-state index is 0.662. The van der Waals surface area contributed by atoms with Gasteiger partial charge in [-0.3, -0.25) is 0 Å². The summed E-state index contributed by atoms with van der Waals surface area (Å²) in [5.74, 6) is 8.34. The van der Waals surface area contributed by atoms with Crippen molar-refractivity contribution in [2.24, 2.45) is 11.8 Å². The summed E-state index contributed by atoms with van der Waals surface area (Å²) in [6.45, 7) is 0. The van der Waals surface area contributed by atoms with Gasteiger partial charge in [-0.05, 0) is 38.0 Å². The third kappa shape index (κ3) is 3.71. The first-order chi connectivity index (χ1) is 7.97. The molecule has 0 N–H and O–H groups in total. The van der Waals surface area contributed by atoms with Crippen LogP contribution >= 0.6 is 0 Å². The number of rotatable bonds is 1. The average Bonchev–Trinajstić information content (AvgIpc) is 2.18. The Morgan fingerprint density at radius 3 is 2.75 bits per heavy atom. The van der Waals surface area contributed by atoms with Gasteiger partial charge in [-0.2, -0.15) is 0 Å². The van der Waals surface area contributed by atoms with E-state index in [9.17, 15) is 0 Å². The van der Waals surface area contributed by atoms with E-state index >= 15 is 0 Å². The van der Waals surface area contributed by atoms with E-state index in [4.69, 9.17) is 0 Å². The first kappa shape index (κ1) is 11.8. The molecule has 0 bridgehead atoms. The van der Waals surface area contributed by atoms with Gasteiger partial charge in [0.15, 0.2) is 0 Å². The lowest BCUT2D eigenvalue weighted by Crippen LogP contribution is -2.13. The van der Waals surface area contributed by atoms with Crippen molar-refractivity contribution in [2.45, 2.75) is 64.2 Å². The van der Waals surface area contributed by atoms with E-state index in [1.165, 1.54) is 57.8 Å². The Morgan fingerprint density at radius 1 is 0.875 bits per heavy atom. The smallest absolute Gasteiger partial charge is 0.0265 e. The fourth-order valence-corrected chi connectivity index (χ4v) is 2.87. The van der Waals surface area contributed by atoms with Crippen LogP contribution in [0.2, 0.25) is 0 Å². The summed E-state index contributed by atoms with van der Waals surface area (Å²) in [7, 11) is 0. The second-order valence-corrected chi connectivity index (χ2v) is 5.26. The lowest BCUT2D eigenvalue weighted by molar-refractivity contribution is 0.392. The lowest BCUT2D eigenvalue weighted by Gasteiger charge is -2.22. The highest BCUT2D eigenvalue weighted by molar-refractivity contribution is 5.10.